The van der Waals surface area contributed by atoms with Crippen molar-refractivity contribution in [2.24, 2.45) is 0 Å². The van der Waals surface area contributed by atoms with Crippen LogP contribution in [0.15, 0.2) is 12.1 Å². The van der Waals surface area contributed by atoms with Crippen LogP contribution in [0, 0.1) is 39.0 Å². The van der Waals surface area contributed by atoms with E-state index < -0.39 is 0 Å². The number of benzene rings is 1. The molecule has 0 saturated heterocycles. The number of fused-ring (bicyclic) bond motifs is 1. The first-order valence-electron chi connectivity index (χ1n) is 9.31. The van der Waals surface area contributed by atoms with Crippen molar-refractivity contribution in [2.45, 2.75) is 47.5 Å². The van der Waals surface area contributed by atoms with Gasteiger partial charge < -0.3 is 9.80 Å². The minimum atomic E-state index is 0.519. The molecule has 0 aliphatic carbocycles. The van der Waals surface area contributed by atoms with E-state index >= 15 is 0 Å². The summed E-state index contributed by atoms with van der Waals surface area (Å²) < 4.78 is 0. The molecule has 0 spiro atoms. The first-order chi connectivity index (χ1) is 12.5. The zero-order valence-electron chi connectivity index (χ0n) is 16.4. The second kappa shape index (κ2) is 7.33. The zero-order valence-corrected chi connectivity index (χ0v) is 16.4. The molecule has 1 aliphatic rings. The Morgan fingerprint density at radius 3 is 2.46 bits per heavy atom. The summed E-state index contributed by atoms with van der Waals surface area (Å²) in [6.45, 7) is 13.1. The van der Waals surface area contributed by atoms with Crippen LogP contribution in [0.2, 0.25) is 0 Å². The van der Waals surface area contributed by atoms with Crippen LogP contribution in [0.25, 0.3) is 0 Å². The van der Waals surface area contributed by atoms with E-state index in [4.69, 9.17) is 15.2 Å². The van der Waals surface area contributed by atoms with Gasteiger partial charge >= 0.3 is 0 Å². The van der Waals surface area contributed by atoms with E-state index in [2.05, 4.69) is 62.6 Å². The highest BCUT2D eigenvalue weighted by molar-refractivity contribution is 5.68. The van der Waals surface area contributed by atoms with Crippen molar-refractivity contribution in [1.82, 2.24) is 9.97 Å². The fourth-order valence-corrected chi connectivity index (χ4v) is 3.99. The summed E-state index contributed by atoms with van der Waals surface area (Å²) in [6, 6.07) is 6.66. The van der Waals surface area contributed by atoms with E-state index in [1.165, 1.54) is 27.9 Å². The smallest absolute Gasteiger partial charge is 0.232 e. The van der Waals surface area contributed by atoms with Crippen LogP contribution in [0.5, 0.6) is 0 Å². The molecule has 0 radical (unpaired) electrons. The lowest BCUT2D eigenvalue weighted by molar-refractivity contribution is 0.819. The van der Waals surface area contributed by atoms with E-state index in [0.29, 0.717) is 6.42 Å². The van der Waals surface area contributed by atoms with Gasteiger partial charge in [0.05, 0.1) is 12.5 Å². The van der Waals surface area contributed by atoms with Crippen LogP contribution in [-0.2, 0) is 6.42 Å². The predicted molar refractivity (Wildman–Crippen MR) is 106 cm³/mol. The number of aryl methyl sites for hydroxylation is 4. The maximum absolute atomic E-state index is 8.92. The lowest BCUT2D eigenvalue weighted by Crippen LogP contribution is -2.25. The number of rotatable bonds is 5. The van der Waals surface area contributed by atoms with Crippen LogP contribution in [0.1, 0.15) is 41.3 Å². The SMILES string of the molecule is CCN(c1nc(C)c2c(n1)N(CCC#N)CC2)c1c(C)cc(C)cc1C. The molecule has 2 aromatic rings. The fourth-order valence-electron chi connectivity index (χ4n) is 3.99. The highest BCUT2D eigenvalue weighted by Crippen LogP contribution is 2.34. The van der Waals surface area contributed by atoms with Gasteiger partial charge in [0.1, 0.15) is 5.82 Å². The summed E-state index contributed by atoms with van der Waals surface area (Å²) in [7, 11) is 0. The highest BCUT2D eigenvalue weighted by atomic mass is 15.3. The second-order valence-electron chi connectivity index (χ2n) is 7.05. The van der Waals surface area contributed by atoms with Gasteiger partial charge in [0.25, 0.3) is 0 Å². The summed E-state index contributed by atoms with van der Waals surface area (Å²) >= 11 is 0. The number of nitriles is 1. The molecule has 0 amide bonds. The summed E-state index contributed by atoms with van der Waals surface area (Å²) in [5.74, 6) is 1.76. The Morgan fingerprint density at radius 1 is 1.15 bits per heavy atom. The van der Waals surface area contributed by atoms with Crippen molar-refractivity contribution in [2.75, 3.05) is 29.4 Å². The Morgan fingerprint density at radius 2 is 1.85 bits per heavy atom. The van der Waals surface area contributed by atoms with Gasteiger partial charge in [-0.3, -0.25) is 0 Å². The molecule has 26 heavy (non-hydrogen) atoms. The molecule has 5 heteroatoms. The van der Waals surface area contributed by atoms with Gasteiger partial charge in [0.15, 0.2) is 0 Å². The van der Waals surface area contributed by atoms with Crippen molar-refractivity contribution >= 4 is 17.5 Å². The van der Waals surface area contributed by atoms with Crippen molar-refractivity contribution in [3.05, 3.63) is 40.1 Å². The van der Waals surface area contributed by atoms with Crippen molar-refractivity contribution in [3.8, 4) is 6.07 Å². The van der Waals surface area contributed by atoms with Gasteiger partial charge in [0.2, 0.25) is 5.95 Å². The van der Waals surface area contributed by atoms with Gasteiger partial charge in [-0.15, -0.1) is 0 Å². The first-order valence-corrected chi connectivity index (χ1v) is 9.31. The number of anilines is 3. The highest BCUT2D eigenvalue weighted by Gasteiger charge is 2.26. The molecule has 0 unspecified atom stereocenters. The topological polar surface area (TPSA) is 56.1 Å². The van der Waals surface area contributed by atoms with E-state index in [-0.39, 0.29) is 0 Å². The Balaban J connectivity index is 2.06. The summed E-state index contributed by atoms with van der Waals surface area (Å²) in [6.07, 6.45) is 1.48. The zero-order chi connectivity index (χ0) is 18.8. The lowest BCUT2D eigenvalue weighted by atomic mass is 10.0. The molecule has 1 aliphatic heterocycles. The third-order valence-electron chi connectivity index (χ3n) is 5.07. The molecule has 0 saturated carbocycles. The maximum atomic E-state index is 8.92. The normalized spacial score (nSPS) is 12.8. The minimum Gasteiger partial charge on any atom is -0.355 e. The molecule has 0 atom stereocenters. The van der Waals surface area contributed by atoms with Crippen LogP contribution in [0.4, 0.5) is 17.5 Å². The summed E-state index contributed by atoms with van der Waals surface area (Å²) in [5, 5.41) is 8.92. The van der Waals surface area contributed by atoms with Gasteiger partial charge in [0, 0.05) is 36.6 Å². The van der Waals surface area contributed by atoms with E-state index in [9.17, 15) is 0 Å². The third kappa shape index (κ3) is 3.24. The third-order valence-corrected chi connectivity index (χ3v) is 5.07. The number of hydrogen-bond donors (Lipinski definition) is 0. The molecule has 5 nitrogen and oxygen atoms in total. The number of nitrogens with zero attached hydrogens (tertiary/aromatic N) is 5. The van der Waals surface area contributed by atoms with Gasteiger partial charge in [-0.25, -0.2) is 4.98 Å². The van der Waals surface area contributed by atoms with Crippen LogP contribution in [-0.4, -0.2) is 29.6 Å². The lowest BCUT2D eigenvalue weighted by Gasteiger charge is -2.27. The van der Waals surface area contributed by atoms with Gasteiger partial charge in [-0.1, -0.05) is 17.7 Å². The van der Waals surface area contributed by atoms with E-state index in [1.54, 1.807) is 0 Å². The van der Waals surface area contributed by atoms with Crippen LogP contribution in [0.3, 0.4) is 0 Å². The molecule has 0 fully saturated rings. The number of hydrogen-bond acceptors (Lipinski definition) is 5. The molecule has 1 aromatic carbocycles. The minimum absolute atomic E-state index is 0.519. The fraction of sp³-hybridized carbons (Fsp3) is 0.476. The molecule has 3 rings (SSSR count). The standard InChI is InChI=1S/C21H27N5/c1-6-26(19-15(3)12-14(2)13-16(19)4)21-23-17(5)18-8-11-25(10-7-9-22)20(18)24-21/h12-13H,6-8,10-11H2,1-5H3. The van der Waals surface area contributed by atoms with Crippen LogP contribution >= 0.6 is 0 Å². The quantitative estimate of drug-likeness (QED) is 0.812. The summed E-state index contributed by atoms with van der Waals surface area (Å²) in [5.41, 5.74) is 7.22. The molecule has 0 N–H and O–H groups in total. The first kappa shape index (κ1) is 18.2. The van der Waals surface area contributed by atoms with Gasteiger partial charge in [-0.2, -0.15) is 10.2 Å². The average Bonchev–Trinajstić information content (AvgIpc) is 2.99. The van der Waals surface area contributed by atoms with E-state index in [0.717, 1.165) is 43.5 Å². The Kier molecular flexibility index (Phi) is 5.13. The maximum Gasteiger partial charge on any atom is 0.232 e. The Bertz CT molecular complexity index is 842. The average molecular weight is 349 g/mol. The molecular weight excluding hydrogens is 322 g/mol. The largest absolute Gasteiger partial charge is 0.355 e. The Hall–Kier alpha value is -2.61. The monoisotopic (exact) mass is 349 g/mol. The molecular formula is C21H27N5. The predicted octanol–water partition coefficient (Wildman–Crippen LogP) is 4.14. The van der Waals surface area contributed by atoms with Crippen molar-refractivity contribution in [1.29, 1.82) is 5.26 Å². The number of aromatic nitrogens is 2. The Labute approximate surface area is 156 Å². The second-order valence-corrected chi connectivity index (χ2v) is 7.05. The van der Waals surface area contributed by atoms with Crippen molar-refractivity contribution < 1.29 is 0 Å². The van der Waals surface area contributed by atoms with E-state index in [1.807, 2.05) is 0 Å². The summed E-state index contributed by atoms with van der Waals surface area (Å²) in [4.78, 5) is 14.2. The van der Waals surface area contributed by atoms with Crippen LogP contribution < -0.4 is 9.80 Å². The van der Waals surface area contributed by atoms with Crippen molar-refractivity contribution in [3.63, 3.8) is 0 Å². The molecule has 0 bridgehead atoms. The molecule has 2 heterocycles. The molecule has 136 valence electrons. The van der Waals surface area contributed by atoms with Gasteiger partial charge in [-0.05, 0) is 52.2 Å². The molecule has 1 aromatic heterocycles.